The van der Waals surface area contributed by atoms with Gasteiger partial charge in [-0.05, 0) is 18.9 Å². The fraction of sp³-hybridized carbons (Fsp3) is 0.389. The van der Waals surface area contributed by atoms with E-state index in [2.05, 4.69) is 32.2 Å². The van der Waals surface area contributed by atoms with Gasteiger partial charge in [-0.15, -0.1) is 0 Å². The zero-order valence-corrected chi connectivity index (χ0v) is 16.1. The van der Waals surface area contributed by atoms with Crippen molar-refractivity contribution in [1.29, 1.82) is 0 Å². The Kier molecular flexibility index (Phi) is 4.56. The van der Waals surface area contributed by atoms with Gasteiger partial charge in [-0.25, -0.2) is 18.4 Å². The first-order valence-corrected chi connectivity index (χ1v) is 10.7. The smallest absolute Gasteiger partial charge is 0.226 e. The van der Waals surface area contributed by atoms with Crippen molar-refractivity contribution in [2.24, 2.45) is 0 Å². The van der Waals surface area contributed by atoms with Gasteiger partial charge in [0.05, 0.1) is 18.1 Å². The summed E-state index contributed by atoms with van der Waals surface area (Å²) in [5, 5.41) is 7.09. The summed E-state index contributed by atoms with van der Waals surface area (Å²) in [5.74, 6) is 0.612. The Morgan fingerprint density at radius 1 is 1.22 bits per heavy atom. The number of nitrogens with one attached hydrogen (secondary N) is 1. The van der Waals surface area contributed by atoms with Gasteiger partial charge in [0.25, 0.3) is 0 Å². The number of nitrogens with zero attached hydrogens (tertiary/aromatic N) is 5. The maximum atomic E-state index is 12.1. The number of aromatic amines is 1. The quantitative estimate of drug-likeness (QED) is 0.727. The standard InChI is InChI=1S/C18H22N6O2S/c1-13-17-16(22-21-13)11-19-18(20-17)24-9-8-23(27(2,25)26)12-15(24)10-14-6-4-3-5-7-14/h3-7,11,15H,8-10,12H2,1-2H3,(H,21,22)/t15-/m1/s1. The second-order valence-electron chi connectivity index (χ2n) is 6.90. The summed E-state index contributed by atoms with van der Waals surface area (Å²) >= 11 is 0. The molecular weight excluding hydrogens is 364 g/mol. The molecule has 1 aliphatic heterocycles. The lowest BCUT2D eigenvalue weighted by atomic mass is 10.0. The molecular formula is C18H22N6O2S. The Hall–Kier alpha value is -2.52. The van der Waals surface area contributed by atoms with E-state index in [1.165, 1.54) is 6.26 Å². The number of piperazine rings is 1. The average Bonchev–Trinajstić information content (AvgIpc) is 3.02. The van der Waals surface area contributed by atoms with Gasteiger partial charge in [-0.1, -0.05) is 30.3 Å². The summed E-state index contributed by atoms with van der Waals surface area (Å²) in [6.07, 6.45) is 3.72. The monoisotopic (exact) mass is 386 g/mol. The number of hydrogen-bond donors (Lipinski definition) is 1. The van der Waals surface area contributed by atoms with Crippen LogP contribution < -0.4 is 4.90 Å². The minimum Gasteiger partial charge on any atom is -0.335 e. The molecule has 1 fully saturated rings. The Bertz CT molecular complexity index is 1050. The van der Waals surface area contributed by atoms with E-state index in [1.807, 2.05) is 25.1 Å². The molecule has 1 saturated heterocycles. The summed E-state index contributed by atoms with van der Waals surface area (Å²) in [6, 6.07) is 10.0. The molecule has 0 radical (unpaired) electrons. The molecule has 1 atom stereocenters. The van der Waals surface area contributed by atoms with E-state index in [1.54, 1.807) is 10.5 Å². The molecule has 0 aliphatic carbocycles. The summed E-state index contributed by atoms with van der Waals surface area (Å²) in [5.41, 5.74) is 3.57. The lowest BCUT2D eigenvalue weighted by molar-refractivity contribution is 0.330. The number of anilines is 1. The summed E-state index contributed by atoms with van der Waals surface area (Å²) in [4.78, 5) is 11.3. The Labute approximate surface area is 158 Å². The predicted octanol–water partition coefficient (Wildman–Crippen LogP) is 1.35. The zero-order valence-electron chi connectivity index (χ0n) is 15.3. The van der Waals surface area contributed by atoms with Crippen LogP contribution in [-0.2, 0) is 16.4 Å². The summed E-state index contributed by atoms with van der Waals surface area (Å²) in [6.45, 7) is 3.29. The van der Waals surface area contributed by atoms with Crippen molar-refractivity contribution in [3.05, 3.63) is 47.8 Å². The van der Waals surface area contributed by atoms with Crippen LogP contribution >= 0.6 is 0 Å². The fourth-order valence-electron chi connectivity index (χ4n) is 3.52. The largest absolute Gasteiger partial charge is 0.335 e. The highest BCUT2D eigenvalue weighted by Crippen LogP contribution is 2.23. The molecule has 142 valence electrons. The Morgan fingerprint density at radius 2 is 2.00 bits per heavy atom. The third-order valence-electron chi connectivity index (χ3n) is 4.95. The van der Waals surface area contributed by atoms with E-state index in [-0.39, 0.29) is 6.04 Å². The molecule has 2 aromatic heterocycles. The van der Waals surface area contributed by atoms with E-state index in [9.17, 15) is 8.42 Å². The first kappa shape index (κ1) is 17.9. The van der Waals surface area contributed by atoms with Crippen molar-refractivity contribution >= 4 is 27.0 Å². The molecule has 0 bridgehead atoms. The predicted molar refractivity (Wildman–Crippen MR) is 104 cm³/mol. The summed E-state index contributed by atoms with van der Waals surface area (Å²) < 4.78 is 25.7. The third kappa shape index (κ3) is 3.65. The van der Waals surface area contributed by atoms with E-state index in [0.717, 1.165) is 28.7 Å². The van der Waals surface area contributed by atoms with Gasteiger partial charge >= 0.3 is 0 Å². The number of aromatic nitrogens is 4. The number of sulfonamides is 1. The van der Waals surface area contributed by atoms with Crippen molar-refractivity contribution in [2.45, 2.75) is 19.4 Å². The second kappa shape index (κ2) is 6.90. The third-order valence-corrected chi connectivity index (χ3v) is 6.22. The highest BCUT2D eigenvalue weighted by molar-refractivity contribution is 7.88. The number of aryl methyl sites for hydroxylation is 1. The maximum Gasteiger partial charge on any atom is 0.226 e. The molecule has 0 unspecified atom stereocenters. The van der Waals surface area contributed by atoms with E-state index in [4.69, 9.17) is 4.98 Å². The van der Waals surface area contributed by atoms with E-state index < -0.39 is 10.0 Å². The molecule has 1 aliphatic rings. The average molecular weight is 386 g/mol. The van der Waals surface area contributed by atoms with Gasteiger partial charge in [0.1, 0.15) is 11.0 Å². The first-order chi connectivity index (χ1) is 12.9. The van der Waals surface area contributed by atoms with Crippen LogP contribution in [0, 0.1) is 6.92 Å². The van der Waals surface area contributed by atoms with Gasteiger partial charge in [-0.3, -0.25) is 5.10 Å². The van der Waals surface area contributed by atoms with Gasteiger partial charge in [0, 0.05) is 25.7 Å². The Morgan fingerprint density at radius 3 is 2.74 bits per heavy atom. The normalized spacial score (nSPS) is 18.9. The second-order valence-corrected chi connectivity index (χ2v) is 8.88. The van der Waals surface area contributed by atoms with Crippen LogP contribution in [0.4, 0.5) is 5.95 Å². The fourth-order valence-corrected chi connectivity index (χ4v) is 4.37. The van der Waals surface area contributed by atoms with Crippen molar-refractivity contribution in [2.75, 3.05) is 30.8 Å². The lowest BCUT2D eigenvalue weighted by Gasteiger charge is -2.40. The zero-order chi connectivity index (χ0) is 19.0. The Balaban J connectivity index is 1.68. The van der Waals surface area contributed by atoms with Crippen LogP contribution in [0.1, 0.15) is 11.3 Å². The lowest BCUT2D eigenvalue weighted by Crippen LogP contribution is -2.56. The molecule has 0 saturated carbocycles. The van der Waals surface area contributed by atoms with Crippen molar-refractivity contribution in [3.63, 3.8) is 0 Å². The molecule has 27 heavy (non-hydrogen) atoms. The van der Waals surface area contributed by atoms with Crippen molar-refractivity contribution in [1.82, 2.24) is 24.5 Å². The topological polar surface area (TPSA) is 95.1 Å². The molecule has 8 nitrogen and oxygen atoms in total. The van der Waals surface area contributed by atoms with Crippen LogP contribution in [0.2, 0.25) is 0 Å². The van der Waals surface area contributed by atoms with E-state index >= 15 is 0 Å². The highest BCUT2D eigenvalue weighted by Gasteiger charge is 2.33. The molecule has 0 amide bonds. The SMILES string of the molecule is Cc1n[nH]c2cnc(N3CCN(S(C)(=O)=O)C[C@H]3Cc3ccccc3)nc12. The molecule has 9 heteroatoms. The van der Waals surface area contributed by atoms with Gasteiger partial charge in [-0.2, -0.15) is 9.40 Å². The molecule has 3 heterocycles. The van der Waals surface area contributed by atoms with Crippen LogP contribution in [0.25, 0.3) is 11.0 Å². The number of rotatable bonds is 4. The molecule has 4 rings (SSSR count). The highest BCUT2D eigenvalue weighted by atomic mass is 32.2. The maximum absolute atomic E-state index is 12.1. The van der Waals surface area contributed by atoms with Gasteiger partial charge in [0.2, 0.25) is 16.0 Å². The molecule has 1 N–H and O–H groups in total. The van der Waals surface area contributed by atoms with Crippen LogP contribution in [-0.4, -0.2) is 64.8 Å². The van der Waals surface area contributed by atoms with Crippen LogP contribution in [0.3, 0.4) is 0 Å². The number of hydrogen-bond acceptors (Lipinski definition) is 6. The minimum atomic E-state index is -3.24. The number of fused-ring (bicyclic) bond motifs is 1. The van der Waals surface area contributed by atoms with Crippen LogP contribution in [0.15, 0.2) is 36.5 Å². The number of H-pyrrole nitrogens is 1. The molecule has 1 aromatic carbocycles. The van der Waals surface area contributed by atoms with E-state index in [0.29, 0.717) is 25.6 Å². The van der Waals surface area contributed by atoms with Crippen molar-refractivity contribution < 1.29 is 8.42 Å². The van der Waals surface area contributed by atoms with Gasteiger partial charge in [0.15, 0.2) is 0 Å². The van der Waals surface area contributed by atoms with Crippen molar-refractivity contribution in [3.8, 4) is 0 Å². The van der Waals surface area contributed by atoms with Crippen LogP contribution in [0.5, 0.6) is 0 Å². The van der Waals surface area contributed by atoms with Gasteiger partial charge < -0.3 is 4.90 Å². The minimum absolute atomic E-state index is 0.0412. The molecule has 0 spiro atoms. The molecule has 3 aromatic rings. The summed E-state index contributed by atoms with van der Waals surface area (Å²) in [7, 11) is -3.24. The first-order valence-electron chi connectivity index (χ1n) is 8.85. The number of benzene rings is 1.